The molecule has 8 nitrogen and oxygen atoms in total. The van der Waals surface area contributed by atoms with Gasteiger partial charge in [0, 0.05) is 39.3 Å². The molecule has 3 heterocycles. The minimum absolute atomic E-state index is 0.0619. The molecule has 22 heavy (non-hydrogen) atoms. The molecular formula is C13H20N6O2S. The number of hydrogen-bond acceptors (Lipinski definition) is 5. The molecule has 0 spiro atoms. The number of hydrogen-bond donors (Lipinski definition) is 0. The van der Waals surface area contributed by atoms with Crippen LogP contribution in [0, 0.1) is 6.92 Å². The first-order valence-corrected chi connectivity index (χ1v) is 8.68. The molecular weight excluding hydrogens is 304 g/mol. The molecule has 0 N–H and O–H groups in total. The molecule has 120 valence electrons. The van der Waals surface area contributed by atoms with Gasteiger partial charge >= 0.3 is 0 Å². The van der Waals surface area contributed by atoms with E-state index in [4.69, 9.17) is 0 Å². The lowest BCUT2D eigenvalue weighted by atomic mass is 10.1. The van der Waals surface area contributed by atoms with Crippen LogP contribution in [-0.2, 0) is 30.0 Å². The molecule has 2 aromatic rings. The van der Waals surface area contributed by atoms with E-state index in [1.165, 1.54) is 16.8 Å². The van der Waals surface area contributed by atoms with Gasteiger partial charge in [0.25, 0.3) is 10.0 Å². The molecule has 1 aliphatic heterocycles. The molecule has 0 saturated heterocycles. The first-order chi connectivity index (χ1) is 10.4. The van der Waals surface area contributed by atoms with Gasteiger partial charge in [-0.05, 0) is 19.8 Å². The monoisotopic (exact) mass is 324 g/mol. The zero-order chi connectivity index (χ0) is 15.9. The molecule has 0 radical (unpaired) electrons. The average molecular weight is 324 g/mol. The summed E-state index contributed by atoms with van der Waals surface area (Å²) < 4.78 is 30.5. The van der Waals surface area contributed by atoms with E-state index >= 15 is 0 Å². The summed E-state index contributed by atoms with van der Waals surface area (Å²) in [5.41, 5.74) is 0. The molecule has 0 amide bonds. The number of nitrogens with zero attached hydrogens (tertiary/aromatic N) is 6. The van der Waals surface area contributed by atoms with E-state index in [2.05, 4.69) is 19.7 Å². The molecule has 0 aliphatic carbocycles. The van der Waals surface area contributed by atoms with Crippen molar-refractivity contribution in [3.8, 4) is 0 Å². The third-order valence-electron chi connectivity index (χ3n) is 4.24. The summed E-state index contributed by atoms with van der Waals surface area (Å²) in [4.78, 5) is 3.98. The van der Waals surface area contributed by atoms with Crippen LogP contribution in [0.4, 0.5) is 0 Å². The molecule has 1 unspecified atom stereocenters. The fourth-order valence-electron chi connectivity index (χ4n) is 2.85. The molecule has 0 saturated carbocycles. The fourth-order valence-corrected chi connectivity index (χ4v) is 4.23. The highest BCUT2D eigenvalue weighted by molar-refractivity contribution is 7.89. The molecule has 1 aliphatic rings. The summed E-state index contributed by atoms with van der Waals surface area (Å²) in [7, 11) is -0.169. The highest BCUT2D eigenvalue weighted by Crippen LogP contribution is 2.23. The van der Waals surface area contributed by atoms with Crippen molar-refractivity contribution in [2.24, 2.45) is 7.05 Å². The maximum Gasteiger partial charge on any atom is 0.262 e. The Kier molecular flexibility index (Phi) is 3.77. The Morgan fingerprint density at radius 2 is 2.09 bits per heavy atom. The predicted molar refractivity (Wildman–Crippen MR) is 79.6 cm³/mol. The van der Waals surface area contributed by atoms with Crippen molar-refractivity contribution >= 4 is 10.0 Å². The molecule has 3 rings (SSSR count). The third-order valence-corrected chi connectivity index (χ3v) is 6.03. The number of aromatic nitrogens is 5. The van der Waals surface area contributed by atoms with Gasteiger partial charge in [-0.15, -0.1) is 10.2 Å². The minimum atomic E-state index is -3.56. The number of fused-ring (bicyclic) bond motifs is 1. The Hall–Kier alpha value is -1.74. The minimum Gasteiger partial charge on any atom is -0.339 e. The lowest BCUT2D eigenvalue weighted by molar-refractivity contribution is 0.329. The topological polar surface area (TPSA) is 85.9 Å². The first-order valence-electron chi connectivity index (χ1n) is 7.24. The second-order valence-electron chi connectivity index (χ2n) is 5.69. The van der Waals surface area contributed by atoms with Crippen molar-refractivity contribution in [2.45, 2.75) is 43.8 Å². The van der Waals surface area contributed by atoms with Gasteiger partial charge in [-0.1, -0.05) is 0 Å². The SMILES string of the molecule is Cc1nnc2n1CCC(N(C)S(=O)(=O)c1cn(C)cn1)CC2. The molecule has 0 bridgehead atoms. The van der Waals surface area contributed by atoms with Crippen molar-refractivity contribution in [1.82, 2.24) is 28.6 Å². The quantitative estimate of drug-likeness (QED) is 0.813. The van der Waals surface area contributed by atoms with Gasteiger partial charge in [0.1, 0.15) is 11.6 Å². The third kappa shape index (κ3) is 2.54. The Morgan fingerprint density at radius 3 is 2.77 bits per heavy atom. The zero-order valence-electron chi connectivity index (χ0n) is 13.0. The Labute approximate surface area is 129 Å². The van der Waals surface area contributed by atoms with Crippen molar-refractivity contribution in [3.05, 3.63) is 24.2 Å². The van der Waals surface area contributed by atoms with Crippen LogP contribution in [0.5, 0.6) is 0 Å². The number of rotatable bonds is 3. The standard InChI is InChI=1S/C13H20N6O2S/c1-10-15-16-12-5-4-11(6-7-19(10)12)18(3)22(20,21)13-8-17(2)9-14-13/h8-9,11H,4-7H2,1-3H3. The van der Waals surface area contributed by atoms with E-state index in [0.717, 1.165) is 37.5 Å². The van der Waals surface area contributed by atoms with E-state index in [1.807, 2.05) is 6.92 Å². The van der Waals surface area contributed by atoms with Gasteiger partial charge in [-0.25, -0.2) is 13.4 Å². The summed E-state index contributed by atoms with van der Waals surface area (Å²) in [6, 6.07) is -0.0619. The number of imidazole rings is 1. The van der Waals surface area contributed by atoms with Crippen molar-refractivity contribution in [3.63, 3.8) is 0 Å². The molecule has 2 aromatic heterocycles. The van der Waals surface area contributed by atoms with E-state index in [0.29, 0.717) is 0 Å². The molecule has 1 atom stereocenters. The van der Waals surface area contributed by atoms with Crippen LogP contribution in [0.25, 0.3) is 0 Å². The second-order valence-corrected chi connectivity index (χ2v) is 7.64. The maximum absolute atomic E-state index is 12.7. The number of aryl methyl sites for hydroxylation is 3. The Balaban J connectivity index is 1.80. The van der Waals surface area contributed by atoms with Crippen molar-refractivity contribution < 1.29 is 8.42 Å². The van der Waals surface area contributed by atoms with Crippen LogP contribution < -0.4 is 0 Å². The van der Waals surface area contributed by atoms with Gasteiger partial charge in [0.05, 0.1) is 6.33 Å². The molecule has 0 fully saturated rings. The van der Waals surface area contributed by atoms with Crippen LogP contribution in [0.2, 0.25) is 0 Å². The van der Waals surface area contributed by atoms with Crippen LogP contribution in [0.15, 0.2) is 17.6 Å². The highest BCUT2D eigenvalue weighted by atomic mass is 32.2. The first kappa shape index (κ1) is 15.2. The fraction of sp³-hybridized carbons (Fsp3) is 0.615. The second kappa shape index (κ2) is 5.47. The van der Waals surface area contributed by atoms with Crippen LogP contribution >= 0.6 is 0 Å². The van der Waals surface area contributed by atoms with E-state index in [1.54, 1.807) is 18.7 Å². The van der Waals surface area contributed by atoms with Gasteiger partial charge in [-0.3, -0.25) is 0 Å². The molecule has 9 heteroatoms. The summed E-state index contributed by atoms with van der Waals surface area (Å²) in [6.45, 7) is 2.66. The van der Waals surface area contributed by atoms with Crippen LogP contribution in [0.1, 0.15) is 24.5 Å². The van der Waals surface area contributed by atoms with Crippen molar-refractivity contribution in [2.75, 3.05) is 7.05 Å². The number of sulfonamides is 1. The van der Waals surface area contributed by atoms with Gasteiger partial charge in [0.15, 0.2) is 5.03 Å². The maximum atomic E-state index is 12.7. The smallest absolute Gasteiger partial charge is 0.262 e. The Bertz CT molecular complexity index is 778. The van der Waals surface area contributed by atoms with Gasteiger partial charge in [-0.2, -0.15) is 4.31 Å². The van der Waals surface area contributed by atoms with Gasteiger partial charge in [0.2, 0.25) is 0 Å². The Morgan fingerprint density at radius 1 is 1.32 bits per heavy atom. The molecule has 0 aromatic carbocycles. The van der Waals surface area contributed by atoms with E-state index in [-0.39, 0.29) is 11.1 Å². The van der Waals surface area contributed by atoms with Crippen molar-refractivity contribution in [1.29, 1.82) is 0 Å². The largest absolute Gasteiger partial charge is 0.339 e. The summed E-state index contributed by atoms with van der Waals surface area (Å²) in [5, 5.41) is 8.34. The van der Waals surface area contributed by atoms with Crippen LogP contribution in [-0.4, -0.2) is 50.1 Å². The van der Waals surface area contributed by atoms with Crippen LogP contribution in [0.3, 0.4) is 0 Å². The predicted octanol–water partition coefficient (Wildman–Crippen LogP) is 0.346. The summed E-state index contributed by atoms with van der Waals surface area (Å²) >= 11 is 0. The highest BCUT2D eigenvalue weighted by Gasteiger charge is 2.31. The lowest BCUT2D eigenvalue weighted by Crippen LogP contribution is -2.37. The van der Waals surface area contributed by atoms with E-state index < -0.39 is 10.0 Å². The average Bonchev–Trinajstić information content (AvgIpc) is 2.99. The summed E-state index contributed by atoms with van der Waals surface area (Å²) in [6.07, 6.45) is 5.24. The summed E-state index contributed by atoms with van der Waals surface area (Å²) in [5.74, 6) is 1.81. The van der Waals surface area contributed by atoms with Gasteiger partial charge < -0.3 is 9.13 Å². The zero-order valence-corrected chi connectivity index (χ0v) is 13.8. The van der Waals surface area contributed by atoms with E-state index in [9.17, 15) is 8.42 Å². The lowest BCUT2D eigenvalue weighted by Gasteiger charge is -2.25. The normalized spacial score (nSPS) is 19.2.